The number of urea groups is 1. The molecule has 9 heteroatoms. The van der Waals surface area contributed by atoms with E-state index >= 15 is 0 Å². The van der Waals surface area contributed by atoms with Crippen molar-refractivity contribution in [2.45, 2.75) is 32.1 Å². The second kappa shape index (κ2) is 7.67. The van der Waals surface area contributed by atoms with Crippen molar-refractivity contribution in [3.05, 3.63) is 18.5 Å². The van der Waals surface area contributed by atoms with Gasteiger partial charge in [-0.25, -0.2) is 4.79 Å². The van der Waals surface area contributed by atoms with Crippen molar-refractivity contribution in [1.29, 1.82) is 0 Å². The zero-order valence-electron chi connectivity index (χ0n) is 13.0. The molecule has 2 atom stereocenters. The second-order valence-corrected chi connectivity index (χ2v) is 5.99. The van der Waals surface area contributed by atoms with Crippen LogP contribution in [0.5, 0.6) is 0 Å². The fourth-order valence-corrected chi connectivity index (χ4v) is 2.72. The fraction of sp³-hybridized carbons (Fsp3) is 0.714. The molecule has 1 aromatic heterocycles. The van der Waals surface area contributed by atoms with Crippen LogP contribution in [0.25, 0.3) is 0 Å². The first-order valence-corrected chi connectivity index (χ1v) is 7.63. The molecule has 6 nitrogen and oxygen atoms in total. The van der Waals surface area contributed by atoms with E-state index in [-0.39, 0.29) is 18.0 Å². The summed E-state index contributed by atoms with van der Waals surface area (Å²) in [7, 11) is 0. The Morgan fingerprint density at radius 1 is 1.48 bits per heavy atom. The van der Waals surface area contributed by atoms with Crippen molar-refractivity contribution in [1.82, 2.24) is 25.3 Å². The van der Waals surface area contributed by atoms with Gasteiger partial charge in [-0.3, -0.25) is 9.58 Å². The first-order valence-electron chi connectivity index (χ1n) is 7.63. The van der Waals surface area contributed by atoms with Gasteiger partial charge in [0.05, 0.1) is 13.1 Å². The lowest BCUT2D eigenvalue weighted by molar-refractivity contribution is -0.143. The first kappa shape index (κ1) is 17.6. The number of halogens is 3. The second-order valence-electron chi connectivity index (χ2n) is 5.99. The highest BCUT2D eigenvalue weighted by atomic mass is 19.4. The maximum Gasteiger partial charge on any atom is 0.401 e. The largest absolute Gasteiger partial charge is 0.401 e. The molecule has 1 aliphatic rings. The molecular formula is C14H22F3N5O. The number of hydrogen-bond donors (Lipinski definition) is 2. The number of hydrogen-bond acceptors (Lipinski definition) is 3. The summed E-state index contributed by atoms with van der Waals surface area (Å²) in [4.78, 5) is 13.2. The lowest BCUT2D eigenvalue weighted by atomic mass is 10.1. The SMILES string of the molecule is C[C@@H](Cn1cccn1)NC(=O)NC[C@@H]1CCN(CC(F)(F)F)C1. The van der Waals surface area contributed by atoms with E-state index in [1.54, 1.807) is 16.9 Å². The molecule has 1 fully saturated rings. The molecule has 0 saturated carbocycles. The van der Waals surface area contributed by atoms with Crippen LogP contribution in [0.15, 0.2) is 18.5 Å². The summed E-state index contributed by atoms with van der Waals surface area (Å²) in [6.07, 6.45) is -0.0236. The van der Waals surface area contributed by atoms with Gasteiger partial charge in [-0.1, -0.05) is 0 Å². The number of aromatic nitrogens is 2. The third kappa shape index (κ3) is 6.47. The number of alkyl halides is 3. The van der Waals surface area contributed by atoms with Gasteiger partial charge in [0.15, 0.2) is 0 Å². The summed E-state index contributed by atoms with van der Waals surface area (Å²) < 4.78 is 38.7. The van der Waals surface area contributed by atoms with E-state index in [1.807, 2.05) is 13.1 Å². The summed E-state index contributed by atoms with van der Waals surface area (Å²) in [5, 5.41) is 9.58. The Labute approximate surface area is 133 Å². The Morgan fingerprint density at radius 3 is 2.91 bits per heavy atom. The summed E-state index contributed by atoms with van der Waals surface area (Å²) in [5.74, 6) is 0.0597. The standard InChI is InChI=1S/C14H22F3N5O/c1-11(8-22-5-2-4-19-22)20-13(23)18-7-12-3-6-21(9-12)10-14(15,16)17/h2,4-5,11-12H,3,6-10H2,1H3,(H2,18,20,23)/t11-,12-/m0/s1. The van der Waals surface area contributed by atoms with Crippen LogP contribution in [0, 0.1) is 5.92 Å². The molecule has 2 rings (SSSR count). The van der Waals surface area contributed by atoms with Crippen LogP contribution in [0.4, 0.5) is 18.0 Å². The van der Waals surface area contributed by atoms with Gasteiger partial charge in [-0.2, -0.15) is 18.3 Å². The monoisotopic (exact) mass is 333 g/mol. The van der Waals surface area contributed by atoms with Crippen LogP contribution in [-0.2, 0) is 6.54 Å². The summed E-state index contributed by atoms with van der Waals surface area (Å²) in [6.45, 7) is 2.71. The maximum atomic E-state index is 12.3. The summed E-state index contributed by atoms with van der Waals surface area (Å²) >= 11 is 0. The molecule has 0 aliphatic carbocycles. The van der Waals surface area contributed by atoms with Crippen molar-refractivity contribution in [2.24, 2.45) is 5.92 Å². The van der Waals surface area contributed by atoms with Gasteiger partial charge < -0.3 is 10.6 Å². The van der Waals surface area contributed by atoms with E-state index in [0.717, 1.165) is 0 Å². The predicted molar refractivity (Wildman–Crippen MR) is 78.8 cm³/mol. The van der Waals surface area contributed by atoms with Crippen molar-refractivity contribution in [3.63, 3.8) is 0 Å². The molecule has 0 spiro atoms. The van der Waals surface area contributed by atoms with Crippen LogP contribution < -0.4 is 10.6 Å². The van der Waals surface area contributed by atoms with E-state index in [4.69, 9.17) is 0 Å². The highest BCUT2D eigenvalue weighted by Gasteiger charge is 2.34. The molecule has 0 radical (unpaired) electrons. The average molecular weight is 333 g/mol. The Morgan fingerprint density at radius 2 is 2.26 bits per heavy atom. The lowest BCUT2D eigenvalue weighted by Gasteiger charge is -2.18. The smallest absolute Gasteiger partial charge is 0.338 e. The van der Waals surface area contributed by atoms with Gasteiger partial charge >= 0.3 is 12.2 Å². The molecule has 1 aliphatic heterocycles. The predicted octanol–water partition coefficient (Wildman–Crippen LogP) is 1.45. The van der Waals surface area contributed by atoms with Gasteiger partial charge in [0, 0.05) is 31.5 Å². The Kier molecular flexibility index (Phi) is 5.86. The van der Waals surface area contributed by atoms with Crippen molar-refractivity contribution >= 4 is 6.03 Å². The molecular weight excluding hydrogens is 311 g/mol. The van der Waals surface area contributed by atoms with E-state index in [0.29, 0.717) is 32.6 Å². The average Bonchev–Trinajstić information content (AvgIpc) is 3.06. The van der Waals surface area contributed by atoms with Crippen LogP contribution in [-0.4, -0.2) is 59.1 Å². The number of nitrogens with zero attached hydrogens (tertiary/aromatic N) is 3. The zero-order valence-corrected chi connectivity index (χ0v) is 13.0. The molecule has 2 amide bonds. The molecule has 0 bridgehead atoms. The summed E-state index contributed by atoms with van der Waals surface area (Å²) in [5.41, 5.74) is 0. The minimum absolute atomic E-state index is 0.0597. The molecule has 1 aromatic rings. The van der Waals surface area contributed by atoms with Crippen LogP contribution in [0.2, 0.25) is 0 Å². The van der Waals surface area contributed by atoms with E-state index in [9.17, 15) is 18.0 Å². The third-order valence-electron chi connectivity index (χ3n) is 3.72. The number of carbonyl (C=O) groups is 1. The molecule has 0 unspecified atom stereocenters. The lowest BCUT2D eigenvalue weighted by Crippen LogP contribution is -2.44. The summed E-state index contributed by atoms with van der Waals surface area (Å²) in [6, 6.07) is 1.40. The van der Waals surface area contributed by atoms with Crippen molar-refractivity contribution < 1.29 is 18.0 Å². The van der Waals surface area contributed by atoms with Gasteiger partial charge in [0.1, 0.15) is 0 Å². The topological polar surface area (TPSA) is 62.2 Å². The Balaban J connectivity index is 1.63. The number of likely N-dealkylation sites (tertiary alicyclic amines) is 1. The Bertz CT molecular complexity index is 491. The number of carbonyl (C=O) groups excluding carboxylic acids is 1. The van der Waals surface area contributed by atoms with Gasteiger partial charge in [0.25, 0.3) is 0 Å². The highest BCUT2D eigenvalue weighted by molar-refractivity contribution is 5.74. The Hall–Kier alpha value is -1.77. The molecule has 2 N–H and O–H groups in total. The highest BCUT2D eigenvalue weighted by Crippen LogP contribution is 2.22. The number of amides is 2. The minimum Gasteiger partial charge on any atom is -0.338 e. The molecule has 1 saturated heterocycles. The zero-order chi connectivity index (χ0) is 16.9. The van der Waals surface area contributed by atoms with Gasteiger partial charge in [0.2, 0.25) is 0 Å². The normalized spacial score (nSPS) is 20.4. The third-order valence-corrected chi connectivity index (χ3v) is 3.72. The van der Waals surface area contributed by atoms with Crippen molar-refractivity contribution in [3.8, 4) is 0 Å². The number of rotatable bonds is 6. The van der Waals surface area contributed by atoms with E-state index in [2.05, 4.69) is 15.7 Å². The van der Waals surface area contributed by atoms with Crippen LogP contribution in [0.1, 0.15) is 13.3 Å². The molecule has 2 heterocycles. The van der Waals surface area contributed by atoms with Crippen molar-refractivity contribution in [2.75, 3.05) is 26.2 Å². The van der Waals surface area contributed by atoms with E-state index < -0.39 is 12.7 Å². The molecule has 130 valence electrons. The van der Waals surface area contributed by atoms with E-state index in [1.165, 1.54) is 4.90 Å². The first-order chi connectivity index (χ1) is 10.8. The van der Waals surface area contributed by atoms with Crippen LogP contribution >= 0.6 is 0 Å². The van der Waals surface area contributed by atoms with Gasteiger partial charge in [-0.15, -0.1) is 0 Å². The quantitative estimate of drug-likeness (QED) is 0.828. The maximum absolute atomic E-state index is 12.3. The van der Waals surface area contributed by atoms with Crippen LogP contribution in [0.3, 0.4) is 0 Å². The van der Waals surface area contributed by atoms with Gasteiger partial charge in [-0.05, 0) is 31.9 Å². The molecule has 23 heavy (non-hydrogen) atoms. The number of nitrogens with one attached hydrogen (secondary N) is 2. The molecule has 0 aromatic carbocycles. The fourth-order valence-electron chi connectivity index (χ4n) is 2.72. The minimum atomic E-state index is -4.17.